The predicted octanol–water partition coefficient (Wildman–Crippen LogP) is -1.02. The highest BCUT2D eigenvalue weighted by molar-refractivity contribution is 14.1. The van der Waals surface area contributed by atoms with Crippen molar-refractivity contribution in [3.8, 4) is 0 Å². The second kappa shape index (κ2) is 3.25. The highest BCUT2D eigenvalue weighted by Gasteiger charge is 2.02. The molecule has 0 nitrogen and oxygen atoms in total. The lowest BCUT2D eigenvalue weighted by atomic mass is 9.74. The third-order valence-electron chi connectivity index (χ3n) is 1.58. The molecule has 0 aromatic heterocycles. The van der Waals surface area contributed by atoms with Gasteiger partial charge in [0.05, 0.1) is 0 Å². The Labute approximate surface area is 84.5 Å². The lowest BCUT2D eigenvalue weighted by molar-refractivity contribution is 1.54. The van der Waals surface area contributed by atoms with Crippen LogP contribution in [0.4, 0.5) is 0 Å². The topological polar surface area (TPSA) is 0 Å². The number of hydrogen-bond acceptors (Lipinski definition) is 0. The van der Waals surface area contributed by atoms with E-state index in [0.717, 1.165) is 9.13 Å². The SMILES string of the molecule is [B]c1cc(C)c([B])c([B])c1I. The third-order valence-corrected chi connectivity index (χ3v) is 2.78. The van der Waals surface area contributed by atoms with Gasteiger partial charge in [-0.05, 0) is 33.1 Å². The summed E-state index contributed by atoms with van der Waals surface area (Å²) in [5, 5.41) is 0. The Morgan fingerprint density at radius 1 is 1.18 bits per heavy atom. The van der Waals surface area contributed by atoms with E-state index in [1.54, 1.807) is 0 Å². The Bertz CT molecular complexity index is 270. The monoisotopic (exact) mass is 248 g/mol. The Morgan fingerprint density at radius 2 is 1.73 bits per heavy atom. The Kier molecular flexibility index (Phi) is 2.73. The highest BCUT2D eigenvalue weighted by atomic mass is 127. The van der Waals surface area contributed by atoms with E-state index in [-0.39, 0.29) is 0 Å². The van der Waals surface area contributed by atoms with Gasteiger partial charge in [0.25, 0.3) is 0 Å². The van der Waals surface area contributed by atoms with Crippen LogP contribution in [0.3, 0.4) is 0 Å². The largest absolute Gasteiger partial charge is 0.115 e. The fraction of sp³-hybridized carbons (Fsp3) is 0.143. The summed E-state index contributed by atoms with van der Waals surface area (Å²) in [5.41, 5.74) is 2.84. The van der Waals surface area contributed by atoms with Gasteiger partial charge in [-0.15, -0.1) is 0 Å². The molecule has 0 amide bonds. The van der Waals surface area contributed by atoms with E-state index in [1.807, 2.05) is 13.0 Å². The average molecular weight is 247 g/mol. The van der Waals surface area contributed by atoms with Crippen molar-refractivity contribution in [1.82, 2.24) is 0 Å². The molecule has 48 valence electrons. The molecule has 1 rings (SSSR count). The van der Waals surface area contributed by atoms with Gasteiger partial charge in [0.2, 0.25) is 0 Å². The summed E-state index contributed by atoms with van der Waals surface area (Å²) in [5.74, 6) is 0. The number of hydrogen-bond donors (Lipinski definition) is 0. The van der Waals surface area contributed by atoms with Crippen LogP contribution in [0, 0.1) is 10.5 Å². The van der Waals surface area contributed by atoms with Crippen molar-refractivity contribution in [1.29, 1.82) is 0 Å². The first kappa shape index (κ1) is 9.23. The fourth-order valence-electron chi connectivity index (χ4n) is 0.861. The van der Waals surface area contributed by atoms with E-state index in [2.05, 4.69) is 22.6 Å². The zero-order valence-corrected chi connectivity index (χ0v) is 8.34. The highest BCUT2D eigenvalue weighted by Crippen LogP contribution is 1.96. The summed E-state index contributed by atoms with van der Waals surface area (Å²) in [7, 11) is 17.0. The van der Waals surface area contributed by atoms with Gasteiger partial charge in [-0.2, -0.15) is 0 Å². The molecule has 0 aliphatic rings. The zero-order chi connectivity index (χ0) is 8.59. The second-order valence-electron chi connectivity index (χ2n) is 2.42. The molecule has 0 unspecified atom stereocenters. The predicted molar refractivity (Wildman–Crippen MR) is 60.1 cm³/mol. The smallest absolute Gasteiger partial charge is 0.0997 e. The third kappa shape index (κ3) is 1.66. The maximum atomic E-state index is 5.67. The van der Waals surface area contributed by atoms with Crippen LogP contribution < -0.4 is 16.4 Å². The maximum absolute atomic E-state index is 5.67. The molecule has 0 saturated carbocycles. The standard InChI is InChI=1S/C7H4B3I/c1-3-2-4(8)7(11)6(10)5(3)9/h2H,1H3. The molecule has 0 aliphatic heterocycles. The maximum Gasteiger partial charge on any atom is 0.115 e. The number of benzene rings is 1. The molecule has 4 heteroatoms. The van der Waals surface area contributed by atoms with Crippen LogP contribution in [-0.4, -0.2) is 23.5 Å². The molecule has 0 atom stereocenters. The first-order valence-corrected chi connectivity index (χ1v) is 4.21. The fourth-order valence-corrected chi connectivity index (χ4v) is 1.31. The van der Waals surface area contributed by atoms with E-state index >= 15 is 0 Å². The van der Waals surface area contributed by atoms with Gasteiger partial charge in [0.15, 0.2) is 0 Å². The van der Waals surface area contributed by atoms with Gasteiger partial charge in [0, 0.05) is 0 Å². The normalized spacial score (nSPS) is 10.0. The minimum Gasteiger partial charge on any atom is -0.0997 e. The number of aryl methyl sites for hydroxylation is 1. The Hall–Kier alpha value is 0.145. The van der Waals surface area contributed by atoms with E-state index in [9.17, 15) is 0 Å². The van der Waals surface area contributed by atoms with Crippen LogP contribution in [0.5, 0.6) is 0 Å². The van der Waals surface area contributed by atoms with Crippen molar-refractivity contribution in [2.24, 2.45) is 0 Å². The molecule has 1 aromatic carbocycles. The quantitative estimate of drug-likeness (QED) is 0.407. The molecule has 0 aliphatic carbocycles. The Balaban J connectivity index is 3.46. The van der Waals surface area contributed by atoms with Crippen molar-refractivity contribution in [3.05, 3.63) is 15.2 Å². The summed E-state index contributed by atoms with van der Waals surface area (Å²) in [6, 6.07) is 1.83. The molecule has 0 heterocycles. The van der Waals surface area contributed by atoms with E-state index < -0.39 is 0 Å². The summed E-state index contributed by atoms with van der Waals surface area (Å²) >= 11 is 2.08. The molecule has 0 fully saturated rings. The van der Waals surface area contributed by atoms with Crippen LogP contribution in [0.1, 0.15) is 5.56 Å². The lowest BCUT2D eigenvalue weighted by Crippen LogP contribution is -2.36. The van der Waals surface area contributed by atoms with Crippen molar-refractivity contribution >= 4 is 62.5 Å². The lowest BCUT2D eigenvalue weighted by Gasteiger charge is -2.10. The van der Waals surface area contributed by atoms with Gasteiger partial charge in [-0.3, -0.25) is 0 Å². The molecule has 6 radical (unpaired) electrons. The van der Waals surface area contributed by atoms with Gasteiger partial charge in [-0.1, -0.05) is 28.0 Å². The molecule has 0 bridgehead atoms. The molecule has 0 saturated heterocycles. The zero-order valence-electron chi connectivity index (χ0n) is 6.19. The van der Waals surface area contributed by atoms with Gasteiger partial charge < -0.3 is 0 Å². The molecular formula is C7H4B3I. The van der Waals surface area contributed by atoms with Crippen molar-refractivity contribution in [2.75, 3.05) is 0 Å². The molecular weight excluding hydrogens is 243 g/mol. The summed E-state index contributed by atoms with van der Waals surface area (Å²) in [6.45, 7) is 1.89. The summed E-state index contributed by atoms with van der Waals surface area (Å²) in [6.07, 6.45) is 0. The number of rotatable bonds is 0. The Morgan fingerprint density at radius 3 is 2.27 bits per heavy atom. The molecule has 0 spiro atoms. The van der Waals surface area contributed by atoms with Crippen LogP contribution in [0.15, 0.2) is 6.07 Å². The van der Waals surface area contributed by atoms with Crippen LogP contribution in [0.2, 0.25) is 0 Å². The summed E-state index contributed by atoms with van der Waals surface area (Å²) < 4.78 is 0.839. The van der Waals surface area contributed by atoms with Gasteiger partial charge in [0.1, 0.15) is 23.5 Å². The van der Waals surface area contributed by atoms with Crippen LogP contribution in [-0.2, 0) is 0 Å². The summed E-state index contributed by atoms with van der Waals surface area (Å²) in [4.78, 5) is 0. The molecule has 0 N–H and O–H groups in total. The van der Waals surface area contributed by atoms with Crippen molar-refractivity contribution in [2.45, 2.75) is 6.92 Å². The van der Waals surface area contributed by atoms with E-state index in [0.29, 0.717) is 16.4 Å². The van der Waals surface area contributed by atoms with E-state index in [4.69, 9.17) is 23.5 Å². The van der Waals surface area contributed by atoms with Crippen molar-refractivity contribution in [3.63, 3.8) is 0 Å². The molecule has 1 aromatic rings. The first-order valence-electron chi connectivity index (χ1n) is 3.13. The van der Waals surface area contributed by atoms with Gasteiger partial charge in [-0.25, -0.2) is 0 Å². The average Bonchev–Trinajstić information content (AvgIpc) is 1.97. The molecule has 11 heavy (non-hydrogen) atoms. The minimum absolute atomic E-state index is 0.586. The van der Waals surface area contributed by atoms with Crippen LogP contribution >= 0.6 is 22.6 Å². The second-order valence-corrected chi connectivity index (χ2v) is 3.50. The van der Waals surface area contributed by atoms with Gasteiger partial charge >= 0.3 is 0 Å². The van der Waals surface area contributed by atoms with Crippen LogP contribution in [0.25, 0.3) is 0 Å². The van der Waals surface area contributed by atoms with Crippen molar-refractivity contribution < 1.29 is 0 Å². The van der Waals surface area contributed by atoms with E-state index in [1.165, 1.54) is 0 Å². The number of halogens is 1. The first-order chi connectivity index (χ1) is 5.04. The minimum atomic E-state index is 0.586.